The molecule has 1 aromatic rings. The second-order valence-corrected chi connectivity index (χ2v) is 4.70. The number of nitrogens with zero attached hydrogens (tertiary/aromatic N) is 4. The maximum Gasteiger partial charge on any atom is 0.320 e. The van der Waals surface area contributed by atoms with Gasteiger partial charge in [0.2, 0.25) is 0 Å². The summed E-state index contributed by atoms with van der Waals surface area (Å²) in [6.07, 6.45) is -0.556. The Bertz CT molecular complexity index is 510. The first-order valence-electron chi connectivity index (χ1n) is 6.11. The number of rotatable bonds is 5. The number of ether oxygens (including phenoxy) is 1. The molecule has 0 fully saturated rings. The molecule has 1 atom stereocenters. The largest absolute Gasteiger partial charge is 0.454 e. The molecule has 1 aliphatic heterocycles. The van der Waals surface area contributed by atoms with E-state index in [1.165, 1.54) is 0 Å². The number of hydrazine groups is 1. The third-order valence-corrected chi connectivity index (χ3v) is 3.19. The fourth-order valence-corrected chi connectivity index (χ4v) is 2.06. The van der Waals surface area contributed by atoms with E-state index in [9.17, 15) is 4.79 Å². The zero-order valence-corrected chi connectivity index (χ0v) is 11.8. The summed E-state index contributed by atoms with van der Waals surface area (Å²) in [5, 5.41) is 11.8. The van der Waals surface area contributed by atoms with Crippen LogP contribution < -0.4 is 5.73 Å². The van der Waals surface area contributed by atoms with E-state index in [2.05, 4.69) is 10.3 Å². The first kappa shape index (κ1) is 14.7. The Morgan fingerprint density at radius 1 is 1.55 bits per heavy atom. The van der Waals surface area contributed by atoms with E-state index in [4.69, 9.17) is 22.1 Å². The van der Waals surface area contributed by atoms with Crippen LogP contribution in [0.2, 0.25) is 5.02 Å². The minimum atomic E-state index is -0.556. The van der Waals surface area contributed by atoms with Gasteiger partial charge in [-0.15, -0.1) is 0 Å². The Hall–Kier alpha value is -1.70. The van der Waals surface area contributed by atoms with E-state index < -0.39 is 12.1 Å². The fourth-order valence-electron chi connectivity index (χ4n) is 1.80. The van der Waals surface area contributed by atoms with Crippen molar-refractivity contribution in [1.29, 1.82) is 0 Å². The number of carbonyl (C=O) groups excluding carboxylic acids is 1. The molecule has 0 aromatic heterocycles. The summed E-state index contributed by atoms with van der Waals surface area (Å²) < 4.78 is 5.36. The number of benzene rings is 1. The van der Waals surface area contributed by atoms with Crippen molar-refractivity contribution in [3.63, 3.8) is 0 Å². The molecule has 0 spiro atoms. The second-order valence-electron chi connectivity index (χ2n) is 4.29. The number of esters is 1. The molecular formula is C12H16ClN5O2. The molecule has 0 radical (unpaired) electrons. The van der Waals surface area contributed by atoms with Gasteiger partial charge in [-0.05, 0) is 6.07 Å². The third kappa shape index (κ3) is 3.44. The Morgan fingerprint density at radius 3 is 2.90 bits per heavy atom. The van der Waals surface area contributed by atoms with Crippen molar-refractivity contribution in [2.45, 2.75) is 6.10 Å². The summed E-state index contributed by atoms with van der Waals surface area (Å²) in [5.74, 6) is -0.492. The summed E-state index contributed by atoms with van der Waals surface area (Å²) in [6.45, 7) is 0.619. The van der Waals surface area contributed by atoms with Crippen molar-refractivity contribution >= 4 is 17.6 Å². The predicted octanol–water partition coefficient (Wildman–Crippen LogP) is 1.37. The number of halogens is 1. The summed E-state index contributed by atoms with van der Waals surface area (Å²) in [5.41, 5.74) is 6.01. The molecule has 0 unspecified atom stereocenters. The van der Waals surface area contributed by atoms with Crippen LogP contribution >= 0.6 is 11.6 Å². The van der Waals surface area contributed by atoms with Gasteiger partial charge in [0.1, 0.15) is 12.8 Å². The molecule has 1 heterocycles. The Morgan fingerprint density at radius 2 is 2.30 bits per heavy atom. The molecule has 0 aliphatic carbocycles. The van der Waals surface area contributed by atoms with Crippen LogP contribution in [0.4, 0.5) is 0 Å². The van der Waals surface area contributed by atoms with Gasteiger partial charge >= 0.3 is 5.97 Å². The van der Waals surface area contributed by atoms with Gasteiger partial charge in [-0.25, -0.2) is 5.12 Å². The maximum absolute atomic E-state index is 11.5. The molecule has 0 saturated carbocycles. The lowest BCUT2D eigenvalue weighted by Gasteiger charge is -2.26. The average molecular weight is 298 g/mol. The number of carbonyl (C=O) groups is 1. The highest BCUT2D eigenvalue weighted by atomic mass is 35.5. The minimum Gasteiger partial charge on any atom is -0.454 e. The van der Waals surface area contributed by atoms with Crippen LogP contribution in [-0.2, 0) is 9.53 Å². The third-order valence-electron chi connectivity index (χ3n) is 2.85. The van der Waals surface area contributed by atoms with Crippen molar-refractivity contribution in [2.75, 3.05) is 26.8 Å². The predicted molar refractivity (Wildman–Crippen MR) is 73.5 cm³/mol. The van der Waals surface area contributed by atoms with Gasteiger partial charge in [-0.3, -0.25) is 4.79 Å². The van der Waals surface area contributed by atoms with Crippen molar-refractivity contribution in [1.82, 2.24) is 10.1 Å². The van der Waals surface area contributed by atoms with E-state index in [1.807, 2.05) is 25.2 Å². The SMILES string of the molecule is CN1CN=NN1C[C@H](OC(=O)CN)c1ccccc1Cl. The normalized spacial score (nSPS) is 16.4. The van der Waals surface area contributed by atoms with Crippen LogP contribution in [0.15, 0.2) is 34.6 Å². The molecule has 8 heteroatoms. The standard InChI is InChI=1S/C12H16ClN5O2/c1-17-8-15-16-18(17)7-11(20-12(19)6-14)9-4-2-3-5-10(9)13/h2-5,11H,6-8,14H2,1H3/t11-/m0/s1. The molecular weight excluding hydrogens is 282 g/mol. The second kappa shape index (κ2) is 6.65. The molecule has 2 rings (SSSR count). The zero-order valence-electron chi connectivity index (χ0n) is 11.1. The molecule has 108 valence electrons. The van der Waals surface area contributed by atoms with Crippen molar-refractivity contribution in [3.05, 3.63) is 34.9 Å². The van der Waals surface area contributed by atoms with Crippen molar-refractivity contribution in [3.8, 4) is 0 Å². The van der Waals surface area contributed by atoms with Gasteiger partial charge < -0.3 is 10.5 Å². The van der Waals surface area contributed by atoms with Crippen LogP contribution in [0.1, 0.15) is 11.7 Å². The fraction of sp³-hybridized carbons (Fsp3) is 0.417. The maximum atomic E-state index is 11.5. The summed E-state index contributed by atoms with van der Waals surface area (Å²) in [4.78, 5) is 11.5. The van der Waals surface area contributed by atoms with Gasteiger partial charge in [0.25, 0.3) is 0 Å². The molecule has 0 bridgehead atoms. The van der Waals surface area contributed by atoms with Gasteiger partial charge in [0, 0.05) is 17.6 Å². The molecule has 2 N–H and O–H groups in total. The van der Waals surface area contributed by atoms with E-state index in [1.54, 1.807) is 16.2 Å². The quantitative estimate of drug-likeness (QED) is 0.830. The highest BCUT2D eigenvalue weighted by Gasteiger charge is 2.25. The lowest BCUT2D eigenvalue weighted by molar-refractivity contribution is -0.150. The first-order valence-corrected chi connectivity index (χ1v) is 6.49. The zero-order chi connectivity index (χ0) is 14.5. The molecule has 1 aliphatic rings. The van der Waals surface area contributed by atoms with E-state index in [0.29, 0.717) is 23.8 Å². The molecule has 0 amide bonds. The van der Waals surface area contributed by atoms with Crippen LogP contribution in [0, 0.1) is 0 Å². The lowest BCUT2D eigenvalue weighted by Crippen LogP contribution is -2.36. The van der Waals surface area contributed by atoms with E-state index in [-0.39, 0.29) is 6.54 Å². The van der Waals surface area contributed by atoms with Crippen LogP contribution in [-0.4, -0.2) is 42.9 Å². The van der Waals surface area contributed by atoms with E-state index in [0.717, 1.165) is 0 Å². The monoisotopic (exact) mass is 297 g/mol. The first-order chi connectivity index (χ1) is 9.61. The average Bonchev–Trinajstić information content (AvgIpc) is 2.84. The highest BCUT2D eigenvalue weighted by Crippen LogP contribution is 2.27. The highest BCUT2D eigenvalue weighted by molar-refractivity contribution is 6.31. The minimum absolute atomic E-state index is 0.182. The Balaban J connectivity index is 2.18. The molecule has 7 nitrogen and oxygen atoms in total. The van der Waals surface area contributed by atoms with E-state index >= 15 is 0 Å². The van der Waals surface area contributed by atoms with Crippen LogP contribution in [0.25, 0.3) is 0 Å². The van der Waals surface area contributed by atoms with Crippen LogP contribution in [0.3, 0.4) is 0 Å². The summed E-state index contributed by atoms with van der Waals surface area (Å²) in [7, 11) is 1.84. The van der Waals surface area contributed by atoms with Gasteiger partial charge in [-0.2, -0.15) is 10.1 Å². The number of hydrogen-bond donors (Lipinski definition) is 1. The van der Waals surface area contributed by atoms with Gasteiger partial charge in [0.05, 0.1) is 13.1 Å². The van der Waals surface area contributed by atoms with Gasteiger partial charge in [-0.1, -0.05) is 35.0 Å². The summed E-state index contributed by atoms with van der Waals surface area (Å²) in [6, 6.07) is 7.20. The topological polar surface area (TPSA) is 83.5 Å². The number of hydrogen-bond acceptors (Lipinski definition) is 7. The number of nitrogens with two attached hydrogens (primary N) is 1. The van der Waals surface area contributed by atoms with Crippen LogP contribution in [0.5, 0.6) is 0 Å². The van der Waals surface area contributed by atoms with Crippen molar-refractivity contribution < 1.29 is 9.53 Å². The lowest BCUT2D eigenvalue weighted by atomic mass is 10.1. The molecule has 0 saturated heterocycles. The Kier molecular flexibility index (Phi) is 4.89. The molecule has 20 heavy (non-hydrogen) atoms. The summed E-state index contributed by atoms with van der Waals surface area (Å²) >= 11 is 6.16. The smallest absolute Gasteiger partial charge is 0.320 e. The van der Waals surface area contributed by atoms with Crippen molar-refractivity contribution in [2.24, 2.45) is 16.1 Å². The molecule has 1 aromatic carbocycles. The van der Waals surface area contributed by atoms with Gasteiger partial charge in [0.15, 0.2) is 0 Å². The Labute approximate surface area is 121 Å².